The number of aliphatic imine (C=N–C) groups is 1. The van der Waals surface area contributed by atoms with Gasteiger partial charge in [0.15, 0.2) is 0 Å². The zero-order valence-electron chi connectivity index (χ0n) is 25.7. The molecule has 2 aromatic rings. The quantitative estimate of drug-likeness (QED) is 0.0795. The summed E-state index contributed by atoms with van der Waals surface area (Å²) < 4.78 is 36.6. The monoisotopic (exact) mass is 628 g/mol. The lowest BCUT2D eigenvalue weighted by Crippen LogP contribution is -2.62. The van der Waals surface area contributed by atoms with Crippen molar-refractivity contribution < 1.29 is 36.5 Å². The smallest absolute Gasteiger partial charge is 0.325 e. The highest BCUT2D eigenvalue weighted by atomic mass is 32.2. The number of unbranched alkanes of at least 4 members (excludes halogenated alkanes) is 1. The summed E-state index contributed by atoms with van der Waals surface area (Å²) in [4.78, 5) is 58.9. The largest absolute Gasteiger partial charge is 0.459 e. The Kier molecular flexibility index (Phi) is 11.0. The van der Waals surface area contributed by atoms with Crippen LogP contribution < -0.4 is 11.1 Å². The minimum absolute atomic E-state index is 0.0638. The maximum Gasteiger partial charge on any atom is 0.325 e. The fourth-order valence-corrected chi connectivity index (χ4v) is 5.74. The van der Waals surface area contributed by atoms with Crippen LogP contribution in [0.5, 0.6) is 0 Å². The van der Waals surface area contributed by atoms with Crippen molar-refractivity contribution in [3.8, 4) is 0 Å². The number of carbonyl (C=O) groups is 4. The van der Waals surface area contributed by atoms with E-state index in [1.54, 1.807) is 52.0 Å². The second-order valence-electron chi connectivity index (χ2n) is 11.6. The van der Waals surface area contributed by atoms with Gasteiger partial charge in [0.2, 0.25) is 5.91 Å². The lowest BCUT2D eigenvalue weighted by molar-refractivity contribution is -0.155. The number of carbonyl (C=O) groups excluding carboxylic acids is 4. The summed E-state index contributed by atoms with van der Waals surface area (Å²) >= 11 is 0. The molecule has 2 aromatic carbocycles. The van der Waals surface area contributed by atoms with Gasteiger partial charge in [-0.2, -0.15) is 8.42 Å². The van der Waals surface area contributed by atoms with E-state index in [0.717, 1.165) is 10.5 Å². The molecule has 0 aliphatic carbocycles. The van der Waals surface area contributed by atoms with E-state index in [1.807, 2.05) is 6.92 Å². The van der Waals surface area contributed by atoms with Crippen LogP contribution in [0.1, 0.15) is 79.7 Å². The third kappa shape index (κ3) is 8.50. The van der Waals surface area contributed by atoms with Crippen LogP contribution in [-0.2, 0) is 28.6 Å². The molecule has 1 unspecified atom stereocenters. The van der Waals surface area contributed by atoms with E-state index in [0.29, 0.717) is 25.2 Å². The molecule has 0 radical (unpaired) electrons. The van der Waals surface area contributed by atoms with Crippen molar-refractivity contribution in [2.75, 3.05) is 19.7 Å². The molecule has 3 rings (SSSR count). The number of nitrogens with one attached hydrogen (secondary N) is 1. The predicted molar refractivity (Wildman–Crippen MR) is 163 cm³/mol. The number of nitrogens with two attached hydrogens (primary N) is 1. The molecule has 1 heterocycles. The minimum Gasteiger partial charge on any atom is -0.459 e. The fraction of sp³-hybridized carbons (Fsp3) is 0.452. The molecule has 0 saturated carbocycles. The van der Waals surface area contributed by atoms with E-state index in [-0.39, 0.29) is 28.9 Å². The number of fused-ring (bicyclic) bond motifs is 1. The number of amides is 3. The highest BCUT2D eigenvalue weighted by Crippen LogP contribution is 2.36. The zero-order chi connectivity index (χ0) is 32.7. The van der Waals surface area contributed by atoms with Gasteiger partial charge in [-0.1, -0.05) is 29.8 Å². The van der Waals surface area contributed by atoms with E-state index < -0.39 is 58.1 Å². The summed E-state index contributed by atoms with van der Waals surface area (Å²) in [7, 11) is -4.24. The Balaban J connectivity index is 1.99. The van der Waals surface area contributed by atoms with Crippen LogP contribution in [0.3, 0.4) is 0 Å². The normalized spacial score (nSPS) is 15.1. The Bertz CT molecular complexity index is 1490. The molecule has 0 fully saturated rings. The van der Waals surface area contributed by atoms with Crippen LogP contribution in [0.15, 0.2) is 58.4 Å². The van der Waals surface area contributed by atoms with Gasteiger partial charge in [-0.25, -0.2) is 0 Å². The summed E-state index contributed by atoms with van der Waals surface area (Å²) in [5.74, 6) is -2.60. The molecule has 44 heavy (non-hydrogen) atoms. The molecular weight excluding hydrogens is 588 g/mol. The molecule has 1 aliphatic heterocycles. The van der Waals surface area contributed by atoms with E-state index in [4.69, 9.17) is 14.7 Å². The van der Waals surface area contributed by atoms with Gasteiger partial charge < -0.3 is 15.8 Å². The molecule has 3 amide bonds. The van der Waals surface area contributed by atoms with Crippen LogP contribution in [0.25, 0.3) is 0 Å². The van der Waals surface area contributed by atoms with Crippen molar-refractivity contribution in [3.63, 3.8) is 0 Å². The van der Waals surface area contributed by atoms with Gasteiger partial charge in [-0.3, -0.25) is 33.3 Å². The van der Waals surface area contributed by atoms with E-state index >= 15 is 0 Å². The van der Waals surface area contributed by atoms with Crippen molar-refractivity contribution in [3.05, 3.63) is 65.2 Å². The van der Waals surface area contributed by atoms with Gasteiger partial charge >= 0.3 is 5.97 Å². The second-order valence-corrected chi connectivity index (χ2v) is 13.2. The van der Waals surface area contributed by atoms with Gasteiger partial charge in [-0.05, 0) is 78.1 Å². The van der Waals surface area contributed by atoms with Crippen LogP contribution in [0.4, 0.5) is 0 Å². The number of nitrogens with zero attached hydrogens (tertiary/aromatic N) is 2. The first-order valence-electron chi connectivity index (χ1n) is 14.3. The topological polar surface area (TPSA) is 175 Å². The summed E-state index contributed by atoms with van der Waals surface area (Å²) in [6, 6.07) is 12.2. The Morgan fingerprint density at radius 3 is 2.09 bits per heavy atom. The van der Waals surface area contributed by atoms with Crippen LogP contribution in [0, 0.1) is 6.92 Å². The van der Waals surface area contributed by atoms with Gasteiger partial charge in [-0.15, -0.1) is 0 Å². The predicted octanol–water partition coefficient (Wildman–Crippen LogP) is 3.13. The Hall–Kier alpha value is -4.10. The molecule has 0 saturated heterocycles. The van der Waals surface area contributed by atoms with E-state index in [2.05, 4.69) is 10.3 Å². The van der Waals surface area contributed by atoms with Gasteiger partial charge in [0.1, 0.15) is 17.7 Å². The Morgan fingerprint density at radius 1 is 0.955 bits per heavy atom. The third-order valence-electron chi connectivity index (χ3n) is 6.88. The van der Waals surface area contributed by atoms with Crippen LogP contribution in [0.2, 0.25) is 0 Å². The summed E-state index contributed by atoms with van der Waals surface area (Å²) in [5, 5.41) is 2.52. The Morgan fingerprint density at radius 2 is 1.55 bits per heavy atom. The molecule has 238 valence electrons. The van der Waals surface area contributed by atoms with Gasteiger partial charge in [0.05, 0.1) is 28.5 Å². The number of rotatable bonds is 14. The van der Waals surface area contributed by atoms with Crippen LogP contribution in [-0.4, -0.2) is 73.7 Å². The van der Waals surface area contributed by atoms with Crippen molar-refractivity contribution >= 4 is 39.6 Å². The average molecular weight is 629 g/mol. The third-order valence-corrected chi connectivity index (χ3v) is 8.21. The first-order valence-corrected chi connectivity index (χ1v) is 15.7. The van der Waals surface area contributed by atoms with Gasteiger partial charge in [0.25, 0.3) is 21.9 Å². The maximum atomic E-state index is 14.1. The number of benzene rings is 2. The number of amidine groups is 1. The average Bonchev–Trinajstić information content (AvgIpc) is 3.19. The number of hydrogen-bond donors (Lipinski definition) is 2. The molecule has 1 atom stereocenters. The standard InChI is InChI=1S/C31H40N4O8S/c1-21-12-14-23(15-13-21)44(40,41)42-19-17-31(16-8-9-18-33-22(2)32,29(39)34-20-26(36)43-30(3,4)5)35-27(37)24-10-6-7-11-25(24)28(35)38/h6-7,10-15H,8-9,16-20H2,1-5H3,(H2,32,33)(H,34,39). The first kappa shape index (κ1) is 34.4. The number of aryl methyl sites for hydroxylation is 1. The zero-order valence-corrected chi connectivity index (χ0v) is 26.5. The molecule has 12 nitrogen and oxygen atoms in total. The van der Waals surface area contributed by atoms with E-state index in [1.165, 1.54) is 24.3 Å². The highest BCUT2D eigenvalue weighted by Gasteiger charge is 2.53. The van der Waals surface area contributed by atoms with Crippen molar-refractivity contribution in [2.45, 2.75) is 76.3 Å². The number of esters is 1. The number of hydrogen-bond acceptors (Lipinski definition) is 9. The van der Waals surface area contributed by atoms with Crippen molar-refractivity contribution in [2.24, 2.45) is 10.7 Å². The van der Waals surface area contributed by atoms with Crippen LogP contribution >= 0.6 is 0 Å². The Labute approximate surface area is 258 Å². The first-order chi connectivity index (χ1) is 20.6. The molecule has 0 bridgehead atoms. The minimum atomic E-state index is -4.24. The SMILES string of the molecule is CC(N)=NCCCCC(CCOS(=O)(=O)c1ccc(C)cc1)(C(=O)NCC(=O)OC(C)(C)C)N1C(=O)c2ccccc2C1=O. The van der Waals surface area contributed by atoms with Crippen molar-refractivity contribution in [1.82, 2.24) is 10.2 Å². The molecule has 0 aromatic heterocycles. The van der Waals surface area contributed by atoms with E-state index in [9.17, 15) is 27.6 Å². The second kappa shape index (κ2) is 14.1. The summed E-state index contributed by atoms with van der Waals surface area (Å²) in [6.07, 6.45) is 0.310. The molecule has 13 heteroatoms. The highest BCUT2D eigenvalue weighted by molar-refractivity contribution is 7.86. The molecular formula is C31H40N4O8S. The summed E-state index contributed by atoms with van der Waals surface area (Å²) in [5.41, 5.74) is 3.97. The number of imide groups is 1. The maximum absolute atomic E-state index is 14.1. The molecule has 1 aliphatic rings. The fourth-order valence-electron chi connectivity index (χ4n) is 4.83. The van der Waals surface area contributed by atoms with Gasteiger partial charge in [0, 0.05) is 13.0 Å². The summed E-state index contributed by atoms with van der Waals surface area (Å²) in [6.45, 7) is 7.72. The van der Waals surface area contributed by atoms with Crippen molar-refractivity contribution in [1.29, 1.82) is 0 Å². The lowest BCUT2D eigenvalue weighted by atomic mass is 9.85. The molecule has 0 spiro atoms. The molecule has 3 N–H and O–H groups in total. The number of ether oxygens (including phenoxy) is 1. The lowest BCUT2D eigenvalue weighted by Gasteiger charge is -2.39.